The van der Waals surface area contributed by atoms with Gasteiger partial charge in [0, 0.05) is 19.6 Å². The summed E-state index contributed by atoms with van der Waals surface area (Å²) < 4.78 is 17.4. The highest BCUT2D eigenvalue weighted by molar-refractivity contribution is 5.69. The summed E-state index contributed by atoms with van der Waals surface area (Å²) in [4.78, 5) is 17.0. The Morgan fingerprint density at radius 1 is 1.08 bits per heavy atom. The fourth-order valence-electron chi connectivity index (χ4n) is 6.39. The molecule has 208 valence electrons. The van der Waals surface area contributed by atoms with Crippen molar-refractivity contribution in [1.82, 2.24) is 9.80 Å². The van der Waals surface area contributed by atoms with Gasteiger partial charge in [-0.15, -0.1) is 0 Å². The van der Waals surface area contributed by atoms with Gasteiger partial charge in [0.2, 0.25) is 0 Å². The summed E-state index contributed by atoms with van der Waals surface area (Å²) in [7, 11) is 6.10. The summed E-state index contributed by atoms with van der Waals surface area (Å²) in [6.45, 7) is 9.00. The molecule has 6 atom stereocenters. The van der Waals surface area contributed by atoms with Crippen molar-refractivity contribution in [3.05, 3.63) is 65.7 Å². The third-order valence-electron chi connectivity index (χ3n) is 8.12. The van der Waals surface area contributed by atoms with Gasteiger partial charge in [0.15, 0.2) is 0 Å². The van der Waals surface area contributed by atoms with E-state index in [0.29, 0.717) is 36.9 Å². The van der Waals surface area contributed by atoms with E-state index in [2.05, 4.69) is 74.4 Å². The maximum atomic E-state index is 12.8. The van der Waals surface area contributed by atoms with Gasteiger partial charge in [-0.25, -0.2) is 4.79 Å². The van der Waals surface area contributed by atoms with Crippen molar-refractivity contribution < 1.29 is 19.0 Å². The lowest BCUT2D eigenvalue weighted by Crippen LogP contribution is -2.53. The number of carbonyl (C=O) groups excluding carboxylic acids is 1. The largest absolute Gasteiger partial charge is 0.488 e. The Bertz CT molecular complexity index is 1050. The van der Waals surface area contributed by atoms with Crippen molar-refractivity contribution in [1.29, 1.82) is 0 Å². The van der Waals surface area contributed by atoms with Crippen LogP contribution in [0.3, 0.4) is 0 Å². The molecule has 2 fully saturated rings. The Balaban J connectivity index is 1.38. The number of benzene rings is 2. The molecule has 1 aliphatic carbocycles. The summed E-state index contributed by atoms with van der Waals surface area (Å²) in [6, 6.07) is 19.9. The van der Waals surface area contributed by atoms with E-state index in [1.807, 2.05) is 26.8 Å². The quantitative estimate of drug-likeness (QED) is 0.404. The second-order valence-corrected chi connectivity index (χ2v) is 12.4. The molecule has 1 saturated heterocycles. The Kier molecular flexibility index (Phi) is 9.04. The normalized spacial score (nSPS) is 26.2. The highest BCUT2D eigenvalue weighted by Crippen LogP contribution is 2.47. The predicted octanol–water partition coefficient (Wildman–Crippen LogP) is 6.00. The van der Waals surface area contributed by atoms with Crippen LogP contribution in [-0.4, -0.2) is 74.0 Å². The minimum absolute atomic E-state index is 0.0533. The molecule has 0 bridgehead atoms. The Morgan fingerprint density at radius 2 is 1.82 bits per heavy atom. The second kappa shape index (κ2) is 12.1. The molecule has 0 spiro atoms. The van der Waals surface area contributed by atoms with E-state index in [4.69, 9.17) is 14.2 Å². The zero-order chi connectivity index (χ0) is 27.4. The van der Waals surface area contributed by atoms with Crippen molar-refractivity contribution in [2.24, 2.45) is 11.8 Å². The molecule has 0 N–H and O–H groups in total. The van der Waals surface area contributed by atoms with Crippen molar-refractivity contribution in [2.75, 3.05) is 34.4 Å². The highest BCUT2D eigenvalue weighted by Gasteiger charge is 2.45. The van der Waals surface area contributed by atoms with Crippen LogP contribution in [0.5, 0.6) is 5.75 Å². The van der Waals surface area contributed by atoms with Gasteiger partial charge in [0.05, 0.1) is 19.2 Å². The standard InChI is InChI=1S/C32H46N2O4/c1-22(24-13-9-8-10-14-24)29-18-25(30(29)33(5)6)16-23-12-11-15-27(17-23)37-28-19-26(21-36-7)34(20-28)31(35)38-32(2,3)4/h8-15,17,22,25-26,28-30H,16,18-21H2,1-7H3/t22-,25+,26-,28-,29+,30?/m0/s1. The Labute approximate surface area is 229 Å². The monoisotopic (exact) mass is 522 g/mol. The molecule has 1 unspecified atom stereocenters. The number of methoxy groups -OCH3 is 1. The maximum absolute atomic E-state index is 12.8. The third kappa shape index (κ3) is 6.89. The van der Waals surface area contributed by atoms with Gasteiger partial charge in [0.25, 0.3) is 0 Å². The molecule has 1 saturated carbocycles. The second-order valence-electron chi connectivity index (χ2n) is 12.4. The Hall–Kier alpha value is -2.57. The first-order valence-corrected chi connectivity index (χ1v) is 14.0. The van der Waals surface area contributed by atoms with Crippen LogP contribution in [0.4, 0.5) is 4.79 Å². The number of hydrogen-bond donors (Lipinski definition) is 0. The first-order chi connectivity index (χ1) is 18.1. The molecular formula is C32H46N2O4. The lowest BCUT2D eigenvalue weighted by molar-refractivity contribution is 0.0139. The van der Waals surface area contributed by atoms with Gasteiger partial charge in [-0.1, -0.05) is 49.4 Å². The predicted molar refractivity (Wildman–Crippen MR) is 152 cm³/mol. The molecule has 6 nitrogen and oxygen atoms in total. The third-order valence-corrected chi connectivity index (χ3v) is 8.12. The number of likely N-dealkylation sites (tertiary alicyclic amines) is 1. The lowest BCUT2D eigenvalue weighted by atomic mass is 9.61. The zero-order valence-corrected chi connectivity index (χ0v) is 24.2. The molecule has 0 radical (unpaired) electrons. The summed E-state index contributed by atoms with van der Waals surface area (Å²) in [6.07, 6.45) is 2.60. The van der Waals surface area contributed by atoms with Gasteiger partial charge >= 0.3 is 6.09 Å². The van der Waals surface area contributed by atoms with Crippen LogP contribution >= 0.6 is 0 Å². The lowest BCUT2D eigenvalue weighted by Gasteiger charge is -2.51. The van der Waals surface area contributed by atoms with Gasteiger partial charge in [-0.05, 0) is 88.7 Å². The van der Waals surface area contributed by atoms with Crippen LogP contribution < -0.4 is 4.74 Å². The number of carbonyl (C=O) groups is 1. The van der Waals surface area contributed by atoms with E-state index in [0.717, 1.165) is 18.6 Å². The van der Waals surface area contributed by atoms with Crippen LogP contribution in [0.1, 0.15) is 57.6 Å². The number of ether oxygens (including phenoxy) is 3. The number of nitrogens with zero attached hydrogens (tertiary/aromatic N) is 2. The molecule has 2 aliphatic rings. The van der Waals surface area contributed by atoms with E-state index in [1.54, 1.807) is 12.0 Å². The van der Waals surface area contributed by atoms with Crippen LogP contribution in [0.2, 0.25) is 0 Å². The number of amides is 1. The fourth-order valence-corrected chi connectivity index (χ4v) is 6.39. The van der Waals surface area contributed by atoms with Gasteiger partial charge < -0.3 is 19.1 Å². The number of hydrogen-bond acceptors (Lipinski definition) is 5. The summed E-state index contributed by atoms with van der Waals surface area (Å²) in [5.41, 5.74) is 2.20. The van der Waals surface area contributed by atoms with Crippen molar-refractivity contribution in [3.63, 3.8) is 0 Å². The zero-order valence-electron chi connectivity index (χ0n) is 24.2. The fraction of sp³-hybridized carbons (Fsp3) is 0.594. The molecule has 0 aromatic heterocycles. The van der Waals surface area contributed by atoms with Crippen LogP contribution in [-0.2, 0) is 15.9 Å². The van der Waals surface area contributed by atoms with Crippen LogP contribution in [0.15, 0.2) is 54.6 Å². The van der Waals surface area contributed by atoms with E-state index in [9.17, 15) is 4.79 Å². The van der Waals surface area contributed by atoms with E-state index >= 15 is 0 Å². The SMILES string of the molecule is COC[C@@H]1C[C@H](Oc2cccc(C[C@@H]3C[C@H]([C@@H](C)c4ccccc4)C3N(C)C)c2)CN1C(=O)OC(C)(C)C. The maximum Gasteiger partial charge on any atom is 0.410 e. The minimum Gasteiger partial charge on any atom is -0.488 e. The van der Waals surface area contributed by atoms with Crippen molar-refractivity contribution in [3.8, 4) is 5.75 Å². The number of rotatable bonds is 9. The molecule has 1 amide bonds. The minimum atomic E-state index is -0.536. The van der Waals surface area contributed by atoms with Gasteiger partial charge in [-0.3, -0.25) is 4.90 Å². The topological polar surface area (TPSA) is 51.2 Å². The van der Waals surface area contributed by atoms with E-state index in [-0.39, 0.29) is 18.2 Å². The van der Waals surface area contributed by atoms with Crippen molar-refractivity contribution >= 4 is 6.09 Å². The Morgan fingerprint density at radius 3 is 2.47 bits per heavy atom. The molecule has 2 aromatic carbocycles. The molecule has 38 heavy (non-hydrogen) atoms. The summed E-state index contributed by atoms with van der Waals surface area (Å²) >= 11 is 0. The van der Waals surface area contributed by atoms with Crippen LogP contribution in [0.25, 0.3) is 0 Å². The summed E-state index contributed by atoms with van der Waals surface area (Å²) in [5.74, 6) is 2.69. The summed E-state index contributed by atoms with van der Waals surface area (Å²) in [5, 5.41) is 0. The van der Waals surface area contributed by atoms with Gasteiger partial charge in [0.1, 0.15) is 17.5 Å². The average Bonchev–Trinajstić information content (AvgIpc) is 3.23. The van der Waals surface area contributed by atoms with E-state index < -0.39 is 5.60 Å². The molecule has 1 aliphatic heterocycles. The first-order valence-electron chi connectivity index (χ1n) is 14.0. The molecule has 1 heterocycles. The molecule has 2 aromatic rings. The molecule has 4 rings (SSSR count). The first kappa shape index (κ1) is 28.4. The molecule has 6 heteroatoms. The van der Waals surface area contributed by atoms with E-state index in [1.165, 1.54) is 17.5 Å². The highest BCUT2D eigenvalue weighted by atomic mass is 16.6. The van der Waals surface area contributed by atoms with Crippen molar-refractivity contribution in [2.45, 2.75) is 76.7 Å². The van der Waals surface area contributed by atoms with Crippen LogP contribution in [0, 0.1) is 11.8 Å². The smallest absolute Gasteiger partial charge is 0.410 e. The average molecular weight is 523 g/mol. The van der Waals surface area contributed by atoms with Gasteiger partial charge in [-0.2, -0.15) is 0 Å². The molecular weight excluding hydrogens is 476 g/mol.